The van der Waals surface area contributed by atoms with Gasteiger partial charge >= 0.3 is 0 Å². The Morgan fingerprint density at radius 2 is 2.16 bits per heavy atom. The summed E-state index contributed by atoms with van der Waals surface area (Å²) in [5.41, 5.74) is 0.192. The van der Waals surface area contributed by atoms with Gasteiger partial charge in [-0.1, -0.05) is 0 Å². The predicted molar refractivity (Wildman–Crippen MR) is 71.9 cm³/mol. The van der Waals surface area contributed by atoms with Gasteiger partial charge in [0.1, 0.15) is 10.6 Å². The van der Waals surface area contributed by atoms with E-state index < -0.39 is 9.05 Å². The lowest BCUT2D eigenvalue weighted by molar-refractivity contribution is 0.0664. The van der Waals surface area contributed by atoms with E-state index in [0.29, 0.717) is 26.3 Å². The zero-order chi connectivity index (χ0) is 14.5. The molecule has 0 aliphatic rings. The van der Waals surface area contributed by atoms with Crippen LogP contribution in [0.25, 0.3) is 0 Å². The second-order valence-electron chi connectivity index (χ2n) is 3.77. The number of carbonyl (C=O) groups excluding carboxylic acids is 1. The molecule has 0 radical (unpaired) electrons. The molecule has 1 heterocycles. The zero-order valence-electron chi connectivity index (χ0n) is 10.8. The van der Waals surface area contributed by atoms with Crippen LogP contribution in [0.5, 0.6) is 0 Å². The Kier molecular flexibility index (Phi) is 5.84. The summed E-state index contributed by atoms with van der Waals surface area (Å²) in [5, 5.41) is 0. The maximum Gasteiger partial charge on any atom is 0.270 e. The number of halogens is 1. The van der Waals surface area contributed by atoms with E-state index in [-0.39, 0.29) is 16.5 Å². The Morgan fingerprint density at radius 1 is 1.47 bits per heavy atom. The first-order valence-electron chi connectivity index (χ1n) is 5.90. The summed E-state index contributed by atoms with van der Waals surface area (Å²) in [6, 6.07) is 1.23. The van der Waals surface area contributed by atoms with Crippen molar-refractivity contribution in [3.8, 4) is 0 Å². The van der Waals surface area contributed by atoms with Crippen molar-refractivity contribution in [1.82, 2.24) is 9.88 Å². The zero-order valence-corrected chi connectivity index (χ0v) is 12.4. The van der Waals surface area contributed by atoms with E-state index in [4.69, 9.17) is 15.4 Å². The Balaban J connectivity index is 2.77. The first kappa shape index (κ1) is 16.0. The Labute approximate surface area is 117 Å². The number of carbonyl (C=O) groups is 1. The summed E-state index contributed by atoms with van der Waals surface area (Å²) >= 11 is 0. The van der Waals surface area contributed by atoms with Crippen molar-refractivity contribution >= 4 is 25.6 Å². The quantitative estimate of drug-likeness (QED) is 0.610. The Bertz CT molecular complexity index is 527. The summed E-state index contributed by atoms with van der Waals surface area (Å²) in [5.74, 6) is -0.284. The van der Waals surface area contributed by atoms with Crippen LogP contribution in [0.4, 0.5) is 0 Å². The summed E-state index contributed by atoms with van der Waals surface area (Å²) in [7, 11) is 1.38. The van der Waals surface area contributed by atoms with Crippen LogP contribution < -0.4 is 0 Å². The normalized spacial score (nSPS) is 11.5. The van der Waals surface area contributed by atoms with Crippen LogP contribution in [-0.4, -0.2) is 50.5 Å². The largest absolute Gasteiger partial charge is 0.380 e. The first-order valence-corrected chi connectivity index (χ1v) is 8.21. The third-order valence-corrected chi connectivity index (χ3v) is 3.88. The molecule has 19 heavy (non-hydrogen) atoms. The lowest BCUT2D eigenvalue weighted by Crippen LogP contribution is -2.34. The number of ether oxygens (including phenoxy) is 1. The molecule has 1 aromatic rings. The van der Waals surface area contributed by atoms with Gasteiger partial charge in [-0.3, -0.25) is 4.79 Å². The highest BCUT2D eigenvalue weighted by Gasteiger charge is 2.19. The van der Waals surface area contributed by atoms with Crippen LogP contribution >= 0.6 is 10.7 Å². The third-order valence-electron chi connectivity index (χ3n) is 2.55. The molecule has 8 heteroatoms. The molecule has 0 unspecified atom stereocenters. The fraction of sp³-hybridized carbons (Fsp3) is 0.545. The highest BCUT2D eigenvalue weighted by atomic mass is 35.7. The minimum absolute atomic E-state index is 0.113. The third kappa shape index (κ3) is 4.52. The standard InChI is InChI=1S/C11H17ClN2O4S/c1-3-14(5-6-18-4-2)11(15)10-7-9(8-13-10)19(12,16)17/h7-8,13H,3-6H2,1-2H3. The lowest BCUT2D eigenvalue weighted by Gasteiger charge is -2.19. The fourth-order valence-electron chi connectivity index (χ4n) is 1.53. The molecular weight excluding hydrogens is 292 g/mol. The molecule has 0 spiro atoms. The fourth-order valence-corrected chi connectivity index (χ4v) is 2.26. The van der Waals surface area contributed by atoms with Gasteiger partial charge in [-0.15, -0.1) is 0 Å². The molecule has 0 atom stereocenters. The number of rotatable bonds is 7. The van der Waals surface area contributed by atoms with Gasteiger partial charge in [-0.2, -0.15) is 0 Å². The molecule has 0 fully saturated rings. The second kappa shape index (κ2) is 6.93. The van der Waals surface area contributed by atoms with E-state index in [0.717, 1.165) is 0 Å². The summed E-state index contributed by atoms with van der Waals surface area (Å²) in [6.45, 7) is 5.70. The number of nitrogens with one attached hydrogen (secondary N) is 1. The number of hydrogen-bond donors (Lipinski definition) is 1. The van der Waals surface area contributed by atoms with Gasteiger partial charge in [0.15, 0.2) is 0 Å². The van der Waals surface area contributed by atoms with Crippen LogP contribution in [0.2, 0.25) is 0 Å². The van der Waals surface area contributed by atoms with E-state index in [1.807, 2.05) is 13.8 Å². The van der Waals surface area contributed by atoms with Gasteiger partial charge in [0.2, 0.25) is 0 Å². The average Bonchev–Trinajstić information content (AvgIpc) is 2.83. The average molecular weight is 309 g/mol. The number of aromatic amines is 1. The predicted octanol–water partition coefficient (Wildman–Crippen LogP) is 1.44. The number of hydrogen-bond acceptors (Lipinski definition) is 4. The van der Waals surface area contributed by atoms with Crippen molar-refractivity contribution in [2.75, 3.05) is 26.3 Å². The molecule has 0 saturated carbocycles. The number of H-pyrrole nitrogens is 1. The Hall–Kier alpha value is -1.05. The molecular formula is C11H17ClN2O4S. The molecule has 0 aromatic carbocycles. The molecule has 1 aromatic heterocycles. The molecule has 0 aliphatic carbocycles. The van der Waals surface area contributed by atoms with Gasteiger partial charge in [-0.05, 0) is 19.9 Å². The van der Waals surface area contributed by atoms with E-state index in [1.54, 1.807) is 4.90 Å². The SMILES string of the molecule is CCOCCN(CC)C(=O)c1cc(S(=O)(=O)Cl)c[nH]1. The number of amides is 1. The van der Waals surface area contributed by atoms with Gasteiger partial charge in [0, 0.05) is 36.6 Å². The second-order valence-corrected chi connectivity index (χ2v) is 6.33. The first-order chi connectivity index (χ1) is 8.90. The molecule has 0 bridgehead atoms. The molecule has 6 nitrogen and oxygen atoms in total. The maximum atomic E-state index is 12.1. The highest BCUT2D eigenvalue weighted by Crippen LogP contribution is 2.16. The topological polar surface area (TPSA) is 79.5 Å². The van der Waals surface area contributed by atoms with Gasteiger partial charge in [0.25, 0.3) is 15.0 Å². The summed E-state index contributed by atoms with van der Waals surface area (Å²) in [4.78, 5) is 16.2. The van der Waals surface area contributed by atoms with Crippen molar-refractivity contribution in [3.05, 3.63) is 18.0 Å². The molecule has 0 saturated heterocycles. The van der Waals surface area contributed by atoms with E-state index in [9.17, 15) is 13.2 Å². The van der Waals surface area contributed by atoms with Crippen LogP contribution in [0, 0.1) is 0 Å². The Morgan fingerprint density at radius 3 is 2.63 bits per heavy atom. The van der Waals surface area contributed by atoms with Crippen LogP contribution in [0.15, 0.2) is 17.2 Å². The summed E-state index contributed by atoms with van der Waals surface area (Å²) in [6.07, 6.45) is 1.20. The van der Waals surface area contributed by atoms with Gasteiger partial charge in [0.05, 0.1) is 6.61 Å². The number of nitrogens with zero attached hydrogens (tertiary/aromatic N) is 1. The minimum Gasteiger partial charge on any atom is -0.380 e. The van der Waals surface area contributed by atoms with Crippen molar-refractivity contribution < 1.29 is 17.9 Å². The molecule has 1 N–H and O–H groups in total. The molecule has 1 amide bonds. The van der Waals surface area contributed by atoms with Gasteiger partial charge in [-0.25, -0.2) is 8.42 Å². The van der Waals surface area contributed by atoms with Crippen LogP contribution in [0.1, 0.15) is 24.3 Å². The minimum atomic E-state index is -3.82. The van der Waals surface area contributed by atoms with Crippen molar-refractivity contribution in [1.29, 1.82) is 0 Å². The summed E-state index contributed by atoms with van der Waals surface area (Å²) < 4.78 is 27.4. The van der Waals surface area contributed by atoms with E-state index in [1.165, 1.54) is 12.3 Å². The van der Waals surface area contributed by atoms with Crippen LogP contribution in [-0.2, 0) is 13.8 Å². The van der Waals surface area contributed by atoms with Crippen molar-refractivity contribution in [2.45, 2.75) is 18.7 Å². The van der Waals surface area contributed by atoms with Gasteiger partial charge < -0.3 is 14.6 Å². The van der Waals surface area contributed by atoms with Crippen molar-refractivity contribution in [2.24, 2.45) is 0 Å². The van der Waals surface area contributed by atoms with E-state index in [2.05, 4.69) is 4.98 Å². The van der Waals surface area contributed by atoms with Crippen LogP contribution in [0.3, 0.4) is 0 Å². The number of aromatic nitrogens is 1. The highest BCUT2D eigenvalue weighted by molar-refractivity contribution is 8.13. The molecule has 0 aliphatic heterocycles. The molecule has 108 valence electrons. The maximum absolute atomic E-state index is 12.1. The van der Waals surface area contributed by atoms with E-state index >= 15 is 0 Å². The molecule has 1 rings (SSSR count). The smallest absolute Gasteiger partial charge is 0.270 e. The number of likely N-dealkylation sites (N-methyl/N-ethyl adjacent to an activating group) is 1. The van der Waals surface area contributed by atoms with Crippen molar-refractivity contribution in [3.63, 3.8) is 0 Å². The lowest BCUT2D eigenvalue weighted by atomic mass is 10.3. The monoisotopic (exact) mass is 308 g/mol.